The molecule has 0 saturated carbocycles. The minimum absolute atomic E-state index is 0.225. The molecule has 18 heavy (non-hydrogen) atoms. The van der Waals surface area contributed by atoms with Crippen LogP contribution in [0.15, 0.2) is 15.5 Å². The molecular formula is C9H11BrN2O5S. The summed E-state index contributed by atoms with van der Waals surface area (Å²) in [4.78, 5) is 14.1. The van der Waals surface area contributed by atoms with E-state index in [1.54, 1.807) is 0 Å². The second-order valence-corrected chi connectivity index (χ2v) is 5.14. The van der Waals surface area contributed by atoms with Gasteiger partial charge in [-0.05, 0) is 15.9 Å². The monoisotopic (exact) mass is 338 g/mol. The molecule has 0 unspecified atom stereocenters. The predicted octanol–water partition coefficient (Wildman–Crippen LogP) is -0.720. The van der Waals surface area contributed by atoms with Crippen LogP contribution in [0.1, 0.15) is 6.23 Å². The smallest absolute Gasteiger partial charge is 0.328 e. The lowest BCUT2D eigenvalue weighted by Crippen LogP contribution is -2.36. The van der Waals surface area contributed by atoms with Gasteiger partial charge in [0.25, 0.3) is 0 Å². The zero-order valence-electron chi connectivity index (χ0n) is 8.99. The summed E-state index contributed by atoms with van der Waals surface area (Å²) >= 11 is 8.02. The zero-order chi connectivity index (χ0) is 13.4. The van der Waals surface area contributed by atoms with Crippen LogP contribution in [0.25, 0.3) is 0 Å². The second-order valence-electron chi connectivity index (χ2n) is 3.87. The number of aliphatic hydroxyl groups is 3. The Morgan fingerprint density at radius 3 is 2.72 bits per heavy atom. The highest BCUT2D eigenvalue weighted by atomic mass is 79.9. The van der Waals surface area contributed by atoms with Crippen molar-refractivity contribution in [3.63, 3.8) is 0 Å². The van der Waals surface area contributed by atoms with Crippen molar-refractivity contribution < 1.29 is 20.1 Å². The number of nitrogens with zero attached hydrogens (tertiary/aromatic N) is 1. The van der Waals surface area contributed by atoms with E-state index in [1.165, 1.54) is 6.20 Å². The zero-order valence-corrected chi connectivity index (χ0v) is 11.4. The molecular weight excluding hydrogens is 328 g/mol. The van der Waals surface area contributed by atoms with Crippen LogP contribution in [0.3, 0.4) is 0 Å². The van der Waals surface area contributed by atoms with Gasteiger partial charge < -0.3 is 20.1 Å². The summed E-state index contributed by atoms with van der Waals surface area (Å²) < 4.78 is 6.99. The fourth-order valence-electron chi connectivity index (χ4n) is 1.76. The maximum absolute atomic E-state index is 11.7. The molecule has 2 rings (SSSR count). The van der Waals surface area contributed by atoms with Crippen molar-refractivity contribution in [1.82, 2.24) is 9.55 Å². The standard InChI is InChI=1S/C9H11BrN2O5S/c10-3-1-12(9(16)11-7(3)18)8-6(15)5(14)4(2-13)17-8/h1,4-6,8,13-15H,2H2,(H,11,16,18)/t4-,5-,6-,8-/m1/s1. The summed E-state index contributed by atoms with van der Waals surface area (Å²) in [5.41, 5.74) is -0.571. The van der Waals surface area contributed by atoms with Gasteiger partial charge in [-0.15, -0.1) is 0 Å². The average Bonchev–Trinajstić information content (AvgIpc) is 2.61. The maximum atomic E-state index is 11.7. The van der Waals surface area contributed by atoms with E-state index >= 15 is 0 Å². The van der Waals surface area contributed by atoms with Crippen LogP contribution in [-0.4, -0.2) is 49.8 Å². The third-order valence-corrected chi connectivity index (χ3v) is 3.90. The first kappa shape index (κ1) is 13.8. The van der Waals surface area contributed by atoms with Gasteiger partial charge in [-0.3, -0.25) is 9.55 Å². The lowest BCUT2D eigenvalue weighted by molar-refractivity contribution is -0.0550. The Labute approximate surface area is 115 Å². The molecule has 1 aromatic rings. The number of halogens is 1. The number of ether oxygens (including phenoxy) is 1. The summed E-state index contributed by atoms with van der Waals surface area (Å²) in [6.07, 6.45) is -3.21. The number of hydrogen-bond acceptors (Lipinski definition) is 6. The quantitative estimate of drug-likeness (QED) is 0.530. The third kappa shape index (κ3) is 2.29. The Hall–Kier alpha value is -0.580. The van der Waals surface area contributed by atoms with Crippen LogP contribution in [0, 0.1) is 4.64 Å². The molecule has 1 fully saturated rings. The van der Waals surface area contributed by atoms with Gasteiger partial charge in [0.05, 0.1) is 11.1 Å². The van der Waals surface area contributed by atoms with Gasteiger partial charge in [0.2, 0.25) is 0 Å². The fraction of sp³-hybridized carbons (Fsp3) is 0.556. The molecule has 0 aromatic carbocycles. The molecule has 100 valence electrons. The molecule has 7 nitrogen and oxygen atoms in total. The summed E-state index contributed by atoms with van der Waals surface area (Å²) in [6, 6.07) is 0. The summed E-state index contributed by atoms with van der Waals surface area (Å²) in [7, 11) is 0. The summed E-state index contributed by atoms with van der Waals surface area (Å²) in [5.74, 6) is 0. The minimum atomic E-state index is -1.31. The molecule has 1 aliphatic rings. The van der Waals surface area contributed by atoms with Crippen molar-refractivity contribution in [2.45, 2.75) is 24.5 Å². The van der Waals surface area contributed by atoms with Crippen molar-refractivity contribution in [2.75, 3.05) is 6.61 Å². The van der Waals surface area contributed by atoms with E-state index in [9.17, 15) is 15.0 Å². The molecule has 1 aliphatic heterocycles. The Morgan fingerprint density at radius 1 is 1.50 bits per heavy atom. The van der Waals surface area contributed by atoms with E-state index < -0.39 is 36.8 Å². The SMILES string of the molecule is O=c1[nH]c(=S)c(Br)cn1[C@@H]1O[C@H](CO)[C@@H](O)[C@H]1O. The molecule has 0 bridgehead atoms. The van der Waals surface area contributed by atoms with E-state index in [1.807, 2.05) is 0 Å². The normalized spacial score (nSPS) is 31.8. The molecule has 0 aliphatic carbocycles. The van der Waals surface area contributed by atoms with Gasteiger partial charge in [0.1, 0.15) is 23.0 Å². The molecule has 9 heteroatoms. The number of rotatable bonds is 2. The Kier molecular flexibility index (Phi) is 3.99. The van der Waals surface area contributed by atoms with E-state index in [0.29, 0.717) is 4.47 Å². The number of H-pyrrole nitrogens is 1. The van der Waals surface area contributed by atoms with E-state index in [4.69, 9.17) is 22.1 Å². The van der Waals surface area contributed by atoms with Crippen LogP contribution >= 0.6 is 28.1 Å². The molecule has 4 atom stereocenters. The van der Waals surface area contributed by atoms with Gasteiger partial charge in [-0.2, -0.15) is 0 Å². The van der Waals surface area contributed by atoms with Crippen molar-refractivity contribution in [3.05, 3.63) is 25.8 Å². The molecule has 0 amide bonds. The molecule has 4 N–H and O–H groups in total. The number of nitrogens with one attached hydrogen (secondary N) is 1. The van der Waals surface area contributed by atoms with Gasteiger partial charge in [-0.25, -0.2) is 4.79 Å². The van der Waals surface area contributed by atoms with Crippen molar-refractivity contribution in [3.8, 4) is 0 Å². The average molecular weight is 339 g/mol. The van der Waals surface area contributed by atoms with E-state index in [0.717, 1.165) is 4.57 Å². The van der Waals surface area contributed by atoms with E-state index in [2.05, 4.69) is 20.9 Å². The molecule has 0 spiro atoms. The highest BCUT2D eigenvalue weighted by Crippen LogP contribution is 2.28. The maximum Gasteiger partial charge on any atom is 0.328 e. The van der Waals surface area contributed by atoms with Crippen molar-refractivity contribution in [1.29, 1.82) is 0 Å². The minimum Gasteiger partial charge on any atom is -0.394 e. The second kappa shape index (κ2) is 5.19. The summed E-state index contributed by atoms with van der Waals surface area (Å²) in [6.45, 7) is -0.451. The highest BCUT2D eigenvalue weighted by molar-refractivity contribution is 9.10. The Bertz CT molecular complexity index is 559. The van der Waals surface area contributed by atoms with Crippen molar-refractivity contribution in [2.24, 2.45) is 0 Å². The van der Waals surface area contributed by atoms with Crippen LogP contribution in [0.5, 0.6) is 0 Å². The van der Waals surface area contributed by atoms with Crippen LogP contribution < -0.4 is 5.69 Å². The highest BCUT2D eigenvalue weighted by Gasteiger charge is 2.43. The first-order valence-corrected chi connectivity index (χ1v) is 6.29. The first-order valence-electron chi connectivity index (χ1n) is 5.09. The molecule has 0 radical (unpaired) electrons. The fourth-order valence-corrected chi connectivity index (χ4v) is 2.22. The third-order valence-electron chi connectivity index (χ3n) is 2.72. The molecule has 1 saturated heterocycles. The number of aromatic amines is 1. The number of hydrogen-bond donors (Lipinski definition) is 4. The van der Waals surface area contributed by atoms with Crippen LogP contribution in [0.4, 0.5) is 0 Å². The van der Waals surface area contributed by atoms with Gasteiger partial charge in [-0.1, -0.05) is 12.2 Å². The Morgan fingerprint density at radius 2 is 2.17 bits per heavy atom. The van der Waals surface area contributed by atoms with Crippen LogP contribution in [-0.2, 0) is 4.74 Å². The molecule has 1 aromatic heterocycles. The lowest BCUT2D eigenvalue weighted by atomic mass is 10.1. The Balaban J connectivity index is 2.42. The number of aliphatic hydroxyl groups excluding tert-OH is 3. The van der Waals surface area contributed by atoms with E-state index in [-0.39, 0.29) is 4.64 Å². The summed E-state index contributed by atoms with van der Waals surface area (Å²) in [5, 5.41) is 28.4. The lowest BCUT2D eigenvalue weighted by Gasteiger charge is -2.17. The van der Waals surface area contributed by atoms with Crippen LogP contribution in [0.2, 0.25) is 0 Å². The molecule has 2 heterocycles. The van der Waals surface area contributed by atoms with Crippen molar-refractivity contribution >= 4 is 28.1 Å². The van der Waals surface area contributed by atoms with Gasteiger partial charge >= 0.3 is 5.69 Å². The topological polar surface area (TPSA) is 108 Å². The predicted molar refractivity (Wildman–Crippen MR) is 66.6 cm³/mol. The van der Waals surface area contributed by atoms with Gasteiger partial charge in [0, 0.05) is 6.20 Å². The largest absolute Gasteiger partial charge is 0.394 e. The number of aromatic nitrogens is 2. The first-order chi connectivity index (χ1) is 8.45. The van der Waals surface area contributed by atoms with Gasteiger partial charge in [0.15, 0.2) is 6.23 Å².